The normalized spacial score (nSPS) is 15.7. The smallest absolute Gasteiger partial charge is 0.258 e. The first kappa shape index (κ1) is 18.3. The summed E-state index contributed by atoms with van der Waals surface area (Å²) in [6.07, 6.45) is 2.41. The molecule has 138 valence electrons. The highest BCUT2D eigenvalue weighted by molar-refractivity contribution is 14.1. The number of rotatable bonds is 4. The minimum atomic E-state index is -0.188. The van der Waals surface area contributed by atoms with E-state index in [1.165, 1.54) is 0 Å². The quantitative estimate of drug-likeness (QED) is 0.542. The maximum Gasteiger partial charge on any atom is 0.258 e. The highest BCUT2D eigenvalue weighted by Crippen LogP contribution is 2.35. The fraction of sp³-hybridized carbons (Fsp3) is 0.200. The second-order valence-corrected chi connectivity index (χ2v) is 7.72. The number of benzene rings is 2. The molecule has 27 heavy (non-hydrogen) atoms. The van der Waals surface area contributed by atoms with Gasteiger partial charge in [0.2, 0.25) is 0 Å². The number of pyridine rings is 1. The van der Waals surface area contributed by atoms with Crippen molar-refractivity contribution in [1.29, 1.82) is 0 Å². The summed E-state index contributed by atoms with van der Waals surface area (Å²) < 4.78 is 12.3. The van der Waals surface area contributed by atoms with Crippen molar-refractivity contribution < 1.29 is 14.3 Å². The molecule has 1 amide bonds. The number of halogens is 2. The SMILES string of the molecule is O=C(COc1c(I)cc(Cl)c2cccnc12)NC1CCOc2ccccc21. The van der Waals surface area contributed by atoms with Gasteiger partial charge in [-0.05, 0) is 46.9 Å². The van der Waals surface area contributed by atoms with Crippen LogP contribution in [0.5, 0.6) is 11.5 Å². The summed E-state index contributed by atoms with van der Waals surface area (Å²) in [4.78, 5) is 16.8. The number of aromatic nitrogens is 1. The van der Waals surface area contributed by atoms with Crippen LogP contribution in [-0.4, -0.2) is 24.1 Å². The molecule has 0 saturated carbocycles. The van der Waals surface area contributed by atoms with Crippen molar-refractivity contribution in [3.8, 4) is 11.5 Å². The third-order valence-electron chi connectivity index (χ3n) is 4.39. The first-order chi connectivity index (χ1) is 13.1. The van der Waals surface area contributed by atoms with E-state index < -0.39 is 0 Å². The van der Waals surface area contributed by atoms with Crippen LogP contribution in [0.1, 0.15) is 18.0 Å². The molecule has 4 rings (SSSR count). The fourth-order valence-electron chi connectivity index (χ4n) is 3.15. The lowest BCUT2D eigenvalue weighted by Crippen LogP contribution is -2.35. The second kappa shape index (κ2) is 7.90. The topological polar surface area (TPSA) is 60.5 Å². The lowest BCUT2D eigenvalue weighted by Gasteiger charge is -2.26. The molecule has 0 fully saturated rings. The van der Waals surface area contributed by atoms with Crippen LogP contribution in [0.3, 0.4) is 0 Å². The fourth-order valence-corrected chi connectivity index (χ4v) is 4.32. The van der Waals surface area contributed by atoms with Crippen LogP contribution >= 0.6 is 34.2 Å². The van der Waals surface area contributed by atoms with E-state index in [0.717, 1.165) is 26.7 Å². The van der Waals surface area contributed by atoms with Crippen molar-refractivity contribution in [2.24, 2.45) is 0 Å². The average Bonchev–Trinajstić information content (AvgIpc) is 2.68. The van der Waals surface area contributed by atoms with Crippen molar-refractivity contribution in [3.05, 3.63) is 62.8 Å². The number of nitrogens with zero attached hydrogens (tertiary/aromatic N) is 1. The Labute approximate surface area is 175 Å². The largest absolute Gasteiger partial charge is 0.493 e. The minimum Gasteiger partial charge on any atom is -0.493 e. The number of hydrogen-bond donors (Lipinski definition) is 1. The van der Waals surface area contributed by atoms with E-state index in [4.69, 9.17) is 21.1 Å². The number of fused-ring (bicyclic) bond motifs is 2. The number of amides is 1. The molecule has 0 spiro atoms. The third-order valence-corrected chi connectivity index (χ3v) is 5.51. The van der Waals surface area contributed by atoms with Gasteiger partial charge in [-0.3, -0.25) is 9.78 Å². The zero-order valence-corrected chi connectivity index (χ0v) is 17.2. The molecule has 0 saturated heterocycles. The van der Waals surface area contributed by atoms with E-state index >= 15 is 0 Å². The molecule has 1 unspecified atom stereocenters. The molecule has 2 heterocycles. The van der Waals surface area contributed by atoms with Gasteiger partial charge in [-0.15, -0.1) is 0 Å². The van der Waals surface area contributed by atoms with Gasteiger partial charge in [-0.2, -0.15) is 0 Å². The van der Waals surface area contributed by atoms with E-state index in [9.17, 15) is 4.79 Å². The summed E-state index contributed by atoms with van der Waals surface area (Å²) in [5.74, 6) is 1.20. The molecular formula is C20H16ClIN2O3. The van der Waals surface area contributed by atoms with Crippen LogP contribution in [0.2, 0.25) is 5.02 Å². The Morgan fingerprint density at radius 3 is 3.07 bits per heavy atom. The Kier molecular flexibility index (Phi) is 5.36. The maximum absolute atomic E-state index is 12.5. The van der Waals surface area contributed by atoms with E-state index in [2.05, 4.69) is 32.9 Å². The molecule has 0 aliphatic carbocycles. The Balaban J connectivity index is 1.49. The first-order valence-corrected chi connectivity index (χ1v) is 9.96. The van der Waals surface area contributed by atoms with Gasteiger partial charge < -0.3 is 14.8 Å². The van der Waals surface area contributed by atoms with Gasteiger partial charge in [0.1, 0.15) is 11.3 Å². The third kappa shape index (κ3) is 3.82. The van der Waals surface area contributed by atoms with E-state index in [-0.39, 0.29) is 18.6 Å². The summed E-state index contributed by atoms with van der Waals surface area (Å²) >= 11 is 8.42. The molecule has 1 aliphatic rings. The minimum absolute atomic E-state index is 0.0785. The molecule has 1 atom stereocenters. The second-order valence-electron chi connectivity index (χ2n) is 6.15. The zero-order chi connectivity index (χ0) is 18.8. The van der Waals surface area contributed by atoms with Crippen LogP contribution in [0, 0.1) is 3.57 Å². The molecule has 0 bridgehead atoms. The number of hydrogen-bond acceptors (Lipinski definition) is 4. The van der Waals surface area contributed by atoms with E-state index in [1.807, 2.05) is 42.5 Å². The average molecular weight is 495 g/mol. The van der Waals surface area contributed by atoms with Gasteiger partial charge in [0, 0.05) is 23.6 Å². The Hall–Kier alpha value is -2.06. The molecule has 1 aliphatic heterocycles. The summed E-state index contributed by atoms with van der Waals surface area (Å²) in [7, 11) is 0. The van der Waals surface area contributed by atoms with Crippen molar-refractivity contribution in [1.82, 2.24) is 10.3 Å². The summed E-state index contributed by atoms with van der Waals surface area (Å²) in [6, 6.07) is 13.2. The number of nitrogens with one attached hydrogen (secondary N) is 1. The van der Waals surface area contributed by atoms with E-state index in [1.54, 1.807) is 6.20 Å². The highest BCUT2D eigenvalue weighted by atomic mass is 127. The molecule has 0 radical (unpaired) electrons. The number of para-hydroxylation sites is 1. The standard InChI is InChI=1S/C20H16ClIN2O3/c21-14-10-15(22)20(19-12(14)5-3-8-23-19)27-11-18(25)24-16-7-9-26-17-6-2-1-4-13(16)17/h1-6,8,10,16H,7,9,11H2,(H,24,25). The van der Waals surface area contributed by atoms with Crippen LogP contribution in [0.15, 0.2) is 48.7 Å². The number of ether oxygens (including phenoxy) is 2. The van der Waals surface area contributed by atoms with Crippen LogP contribution in [0.4, 0.5) is 0 Å². The Morgan fingerprint density at radius 1 is 1.33 bits per heavy atom. The van der Waals surface area contributed by atoms with Crippen molar-refractivity contribution in [2.45, 2.75) is 12.5 Å². The van der Waals surface area contributed by atoms with Crippen LogP contribution < -0.4 is 14.8 Å². The van der Waals surface area contributed by atoms with Crippen LogP contribution in [-0.2, 0) is 4.79 Å². The number of carbonyl (C=O) groups is 1. The maximum atomic E-state index is 12.5. The predicted molar refractivity (Wildman–Crippen MR) is 112 cm³/mol. The van der Waals surface area contributed by atoms with Gasteiger partial charge in [-0.25, -0.2) is 0 Å². The van der Waals surface area contributed by atoms with Gasteiger partial charge in [-0.1, -0.05) is 29.8 Å². The van der Waals surface area contributed by atoms with Crippen LogP contribution in [0.25, 0.3) is 10.9 Å². The van der Waals surface area contributed by atoms with Gasteiger partial charge in [0.15, 0.2) is 12.4 Å². The molecule has 5 nitrogen and oxygen atoms in total. The van der Waals surface area contributed by atoms with Gasteiger partial charge >= 0.3 is 0 Å². The number of carbonyl (C=O) groups excluding carboxylic acids is 1. The summed E-state index contributed by atoms with van der Waals surface area (Å²) in [5, 5.41) is 4.44. The zero-order valence-electron chi connectivity index (χ0n) is 14.2. The lowest BCUT2D eigenvalue weighted by atomic mass is 10.0. The highest BCUT2D eigenvalue weighted by Gasteiger charge is 2.23. The molecule has 1 aromatic heterocycles. The van der Waals surface area contributed by atoms with Gasteiger partial charge in [0.25, 0.3) is 5.91 Å². The van der Waals surface area contributed by atoms with Crippen molar-refractivity contribution in [3.63, 3.8) is 0 Å². The first-order valence-electron chi connectivity index (χ1n) is 8.50. The summed E-state index contributed by atoms with van der Waals surface area (Å²) in [6.45, 7) is 0.481. The lowest BCUT2D eigenvalue weighted by molar-refractivity contribution is -0.124. The molecular weight excluding hydrogens is 479 g/mol. The molecule has 7 heteroatoms. The van der Waals surface area contributed by atoms with Crippen molar-refractivity contribution >= 4 is 51.0 Å². The van der Waals surface area contributed by atoms with Gasteiger partial charge in [0.05, 0.1) is 21.2 Å². The van der Waals surface area contributed by atoms with Crippen molar-refractivity contribution in [2.75, 3.05) is 13.2 Å². The molecule has 1 N–H and O–H groups in total. The molecule has 2 aromatic carbocycles. The Morgan fingerprint density at radius 2 is 2.19 bits per heavy atom. The predicted octanol–water partition coefficient (Wildman–Crippen LogP) is 4.51. The summed E-state index contributed by atoms with van der Waals surface area (Å²) in [5.41, 5.74) is 1.64. The molecule has 3 aromatic rings. The van der Waals surface area contributed by atoms with E-state index in [0.29, 0.717) is 22.9 Å². The Bertz CT molecular complexity index is 1010. The monoisotopic (exact) mass is 494 g/mol.